The fourth-order valence-corrected chi connectivity index (χ4v) is 2.37. The van der Waals surface area contributed by atoms with Gasteiger partial charge in [0.15, 0.2) is 0 Å². The van der Waals surface area contributed by atoms with Gasteiger partial charge in [-0.25, -0.2) is 4.79 Å². The summed E-state index contributed by atoms with van der Waals surface area (Å²) in [4.78, 5) is 24.6. The van der Waals surface area contributed by atoms with Gasteiger partial charge in [-0.05, 0) is 31.4 Å². The van der Waals surface area contributed by atoms with Crippen LogP contribution < -0.4 is 4.90 Å². The Morgan fingerprint density at radius 1 is 1.48 bits per heavy atom. The molecule has 0 heterocycles. The zero-order valence-corrected chi connectivity index (χ0v) is 12.4. The van der Waals surface area contributed by atoms with Crippen LogP contribution in [0.1, 0.15) is 43.0 Å². The highest BCUT2D eigenvalue weighted by Gasteiger charge is 2.33. The fourth-order valence-electron chi connectivity index (χ4n) is 2.37. The van der Waals surface area contributed by atoms with Gasteiger partial charge in [-0.15, -0.1) is 0 Å². The van der Waals surface area contributed by atoms with Crippen LogP contribution in [0.5, 0.6) is 0 Å². The zero-order chi connectivity index (χ0) is 15.4. The Labute approximate surface area is 123 Å². The van der Waals surface area contributed by atoms with Crippen molar-refractivity contribution >= 4 is 17.3 Å². The van der Waals surface area contributed by atoms with Gasteiger partial charge in [-0.1, -0.05) is 13.3 Å². The monoisotopic (exact) mass is 292 g/mol. The molecular weight excluding hydrogens is 272 g/mol. The molecule has 1 aliphatic rings. The standard InChI is InChI=1S/C15H20N2O4/c1-3-4-9-16(12-6-7-12)14-10-11(15(18)21-2)5-8-13(14)17(19)20/h5,8,10,12H,3-4,6-7,9H2,1-2H3. The van der Waals surface area contributed by atoms with E-state index in [1.54, 1.807) is 6.07 Å². The molecule has 1 aromatic carbocycles. The molecule has 2 rings (SSSR count). The van der Waals surface area contributed by atoms with Gasteiger partial charge in [-0.3, -0.25) is 10.1 Å². The van der Waals surface area contributed by atoms with E-state index in [0.717, 1.165) is 32.2 Å². The number of methoxy groups -OCH3 is 1. The van der Waals surface area contributed by atoms with Crippen molar-refractivity contribution in [2.24, 2.45) is 0 Å². The molecule has 0 atom stereocenters. The van der Waals surface area contributed by atoms with E-state index in [1.165, 1.54) is 19.2 Å². The highest BCUT2D eigenvalue weighted by atomic mass is 16.6. The van der Waals surface area contributed by atoms with Crippen molar-refractivity contribution in [3.63, 3.8) is 0 Å². The molecule has 6 heteroatoms. The summed E-state index contributed by atoms with van der Waals surface area (Å²) in [5, 5.41) is 11.3. The molecule has 0 bridgehead atoms. The number of nitrogens with zero attached hydrogens (tertiary/aromatic N) is 2. The fraction of sp³-hybridized carbons (Fsp3) is 0.533. The minimum atomic E-state index is -0.475. The number of unbranched alkanes of at least 4 members (excludes halogenated alkanes) is 1. The molecule has 0 N–H and O–H groups in total. The first-order valence-corrected chi connectivity index (χ1v) is 7.21. The first-order valence-electron chi connectivity index (χ1n) is 7.21. The maximum atomic E-state index is 11.7. The molecule has 1 saturated carbocycles. The first kappa shape index (κ1) is 15.3. The number of carbonyl (C=O) groups is 1. The molecule has 0 saturated heterocycles. The summed E-state index contributed by atoms with van der Waals surface area (Å²) >= 11 is 0. The minimum absolute atomic E-state index is 0.0469. The molecule has 0 radical (unpaired) electrons. The van der Waals surface area contributed by atoms with Crippen molar-refractivity contribution in [1.29, 1.82) is 0 Å². The molecule has 0 spiro atoms. The minimum Gasteiger partial charge on any atom is -0.465 e. The van der Waals surface area contributed by atoms with Crippen molar-refractivity contribution in [2.75, 3.05) is 18.6 Å². The Morgan fingerprint density at radius 2 is 2.19 bits per heavy atom. The van der Waals surface area contributed by atoms with Gasteiger partial charge in [0.2, 0.25) is 0 Å². The summed E-state index contributed by atoms with van der Waals surface area (Å²) in [5.74, 6) is -0.475. The highest BCUT2D eigenvalue weighted by Crippen LogP contribution is 2.37. The third kappa shape index (κ3) is 3.51. The average molecular weight is 292 g/mol. The van der Waals surface area contributed by atoms with E-state index in [2.05, 4.69) is 11.8 Å². The van der Waals surface area contributed by atoms with Crippen LogP contribution in [-0.2, 0) is 4.74 Å². The van der Waals surface area contributed by atoms with Crippen LogP contribution in [0, 0.1) is 10.1 Å². The number of nitro groups is 1. The van der Waals surface area contributed by atoms with Crippen LogP contribution in [0.4, 0.5) is 11.4 Å². The molecule has 0 amide bonds. The molecule has 1 aliphatic carbocycles. The molecule has 0 aromatic heterocycles. The first-order chi connectivity index (χ1) is 10.1. The van der Waals surface area contributed by atoms with Gasteiger partial charge in [0.1, 0.15) is 5.69 Å². The second-order valence-corrected chi connectivity index (χ2v) is 5.23. The number of hydrogen-bond donors (Lipinski definition) is 0. The van der Waals surface area contributed by atoms with E-state index < -0.39 is 10.9 Å². The predicted molar refractivity (Wildman–Crippen MR) is 79.7 cm³/mol. The zero-order valence-electron chi connectivity index (χ0n) is 12.4. The lowest BCUT2D eigenvalue weighted by Gasteiger charge is -2.24. The molecular formula is C15H20N2O4. The van der Waals surface area contributed by atoms with Crippen molar-refractivity contribution in [2.45, 2.75) is 38.6 Å². The number of benzene rings is 1. The summed E-state index contributed by atoms with van der Waals surface area (Å²) in [6.07, 6.45) is 4.08. The lowest BCUT2D eigenvalue weighted by atomic mass is 10.1. The summed E-state index contributed by atoms with van der Waals surface area (Å²) < 4.78 is 4.70. The molecule has 0 aliphatic heterocycles. The third-order valence-corrected chi connectivity index (χ3v) is 3.64. The van der Waals surface area contributed by atoms with Crippen LogP contribution in [-0.4, -0.2) is 30.6 Å². The maximum absolute atomic E-state index is 11.7. The lowest BCUT2D eigenvalue weighted by molar-refractivity contribution is -0.384. The Bertz CT molecular complexity index is 540. The maximum Gasteiger partial charge on any atom is 0.337 e. The lowest BCUT2D eigenvalue weighted by Crippen LogP contribution is -2.27. The van der Waals surface area contributed by atoms with E-state index in [-0.39, 0.29) is 5.69 Å². The Kier molecular flexibility index (Phi) is 4.77. The number of hydrogen-bond acceptors (Lipinski definition) is 5. The van der Waals surface area contributed by atoms with Crippen molar-refractivity contribution < 1.29 is 14.5 Å². The van der Waals surface area contributed by atoms with Crippen LogP contribution in [0.3, 0.4) is 0 Å². The van der Waals surface area contributed by atoms with Crippen LogP contribution >= 0.6 is 0 Å². The molecule has 1 fully saturated rings. The van der Waals surface area contributed by atoms with E-state index in [1.807, 2.05) is 0 Å². The summed E-state index contributed by atoms with van der Waals surface area (Å²) in [7, 11) is 1.30. The topological polar surface area (TPSA) is 72.7 Å². The number of esters is 1. The van der Waals surface area contributed by atoms with Crippen molar-refractivity contribution in [3.8, 4) is 0 Å². The Hall–Kier alpha value is -2.11. The van der Waals surface area contributed by atoms with E-state index in [9.17, 15) is 14.9 Å². The molecule has 21 heavy (non-hydrogen) atoms. The van der Waals surface area contributed by atoms with Gasteiger partial charge >= 0.3 is 5.97 Å². The molecule has 1 aromatic rings. The summed E-state index contributed by atoms with van der Waals surface area (Å²) in [6, 6.07) is 4.77. The van der Waals surface area contributed by atoms with Gasteiger partial charge in [0.05, 0.1) is 17.6 Å². The Morgan fingerprint density at radius 3 is 2.71 bits per heavy atom. The van der Waals surface area contributed by atoms with Gasteiger partial charge in [-0.2, -0.15) is 0 Å². The number of ether oxygens (including phenoxy) is 1. The SMILES string of the molecule is CCCCN(c1cc(C(=O)OC)ccc1[N+](=O)[O-])C1CC1. The van der Waals surface area contributed by atoms with Crippen LogP contribution in [0.15, 0.2) is 18.2 Å². The number of anilines is 1. The molecule has 0 unspecified atom stereocenters. The average Bonchev–Trinajstić information content (AvgIpc) is 3.31. The van der Waals surface area contributed by atoms with Crippen LogP contribution in [0.25, 0.3) is 0 Å². The predicted octanol–water partition coefficient (Wildman–Crippen LogP) is 3.15. The van der Waals surface area contributed by atoms with Gasteiger partial charge in [0.25, 0.3) is 5.69 Å². The third-order valence-electron chi connectivity index (χ3n) is 3.64. The number of nitro benzene ring substituents is 1. The summed E-state index contributed by atoms with van der Waals surface area (Å²) in [5.41, 5.74) is 0.921. The van der Waals surface area contributed by atoms with E-state index in [0.29, 0.717) is 17.3 Å². The quantitative estimate of drug-likeness (QED) is 0.438. The summed E-state index contributed by atoms with van der Waals surface area (Å²) in [6.45, 7) is 2.86. The largest absolute Gasteiger partial charge is 0.465 e. The Balaban J connectivity index is 2.40. The van der Waals surface area contributed by atoms with Crippen molar-refractivity contribution in [3.05, 3.63) is 33.9 Å². The second kappa shape index (κ2) is 6.56. The van der Waals surface area contributed by atoms with Crippen LogP contribution in [0.2, 0.25) is 0 Å². The highest BCUT2D eigenvalue weighted by molar-refractivity contribution is 5.91. The van der Waals surface area contributed by atoms with Gasteiger partial charge < -0.3 is 9.64 Å². The number of carbonyl (C=O) groups excluding carboxylic acids is 1. The van der Waals surface area contributed by atoms with E-state index >= 15 is 0 Å². The molecule has 6 nitrogen and oxygen atoms in total. The molecule has 114 valence electrons. The van der Waals surface area contributed by atoms with Gasteiger partial charge in [0, 0.05) is 18.7 Å². The van der Waals surface area contributed by atoms with E-state index in [4.69, 9.17) is 4.74 Å². The smallest absolute Gasteiger partial charge is 0.337 e. The van der Waals surface area contributed by atoms with Crippen molar-refractivity contribution in [1.82, 2.24) is 0 Å². The number of rotatable bonds is 7. The normalized spacial score (nSPS) is 13.8. The second-order valence-electron chi connectivity index (χ2n) is 5.23.